The van der Waals surface area contributed by atoms with E-state index < -0.39 is 23.3 Å². The van der Waals surface area contributed by atoms with E-state index in [1.807, 2.05) is 4.90 Å². The number of aromatic nitrogens is 2. The Bertz CT molecular complexity index is 913. The number of amides is 1. The third-order valence-electron chi connectivity index (χ3n) is 4.71. The number of hydrogen-bond acceptors (Lipinski definition) is 6. The summed E-state index contributed by atoms with van der Waals surface area (Å²) in [5.41, 5.74) is -0.446. The first-order chi connectivity index (χ1) is 12.8. The summed E-state index contributed by atoms with van der Waals surface area (Å²) in [6, 6.07) is 5.24. The minimum atomic E-state index is -0.737. The molecule has 9 heteroatoms. The lowest BCUT2D eigenvalue weighted by molar-refractivity contribution is 0.0941. The summed E-state index contributed by atoms with van der Waals surface area (Å²) >= 11 is 0. The van der Waals surface area contributed by atoms with Crippen LogP contribution >= 0.6 is 0 Å². The fourth-order valence-electron chi connectivity index (χ4n) is 3.21. The van der Waals surface area contributed by atoms with Gasteiger partial charge in [0.2, 0.25) is 5.75 Å². The predicted octanol–water partition coefficient (Wildman–Crippen LogP) is 0.292. The third-order valence-corrected chi connectivity index (χ3v) is 4.71. The molecule has 1 aliphatic rings. The number of nitrogens with zero attached hydrogens (tertiary/aromatic N) is 3. The summed E-state index contributed by atoms with van der Waals surface area (Å²) in [5.74, 6) is -1.54. The molecule has 144 valence electrons. The molecule has 2 heterocycles. The van der Waals surface area contributed by atoms with Gasteiger partial charge in [0, 0.05) is 20.1 Å². The van der Waals surface area contributed by atoms with E-state index in [-0.39, 0.29) is 24.1 Å². The van der Waals surface area contributed by atoms with Crippen LogP contribution in [0.1, 0.15) is 34.3 Å². The molecule has 3 N–H and O–H groups in total. The Hall–Kier alpha value is -2.78. The molecule has 1 aromatic carbocycles. The van der Waals surface area contributed by atoms with E-state index in [0.717, 1.165) is 0 Å². The fourth-order valence-corrected chi connectivity index (χ4v) is 3.21. The Morgan fingerprint density at radius 3 is 2.59 bits per heavy atom. The van der Waals surface area contributed by atoms with Gasteiger partial charge in [0.25, 0.3) is 11.5 Å². The number of halogens is 1. The molecule has 0 bridgehead atoms. The number of likely N-dealkylation sites (tertiary alicyclic amines) is 1. The van der Waals surface area contributed by atoms with E-state index in [0.29, 0.717) is 24.4 Å². The van der Waals surface area contributed by atoms with Crippen molar-refractivity contribution in [2.24, 2.45) is 7.05 Å². The van der Waals surface area contributed by atoms with Crippen molar-refractivity contribution in [2.45, 2.75) is 25.1 Å². The molecule has 2 aromatic rings. The zero-order chi connectivity index (χ0) is 19.7. The van der Waals surface area contributed by atoms with Gasteiger partial charge in [0.15, 0.2) is 5.69 Å². The summed E-state index contributed by atoms with van der Waals surface area (Å²) < 4.78 is 14.1. The Morgan fingerprint density at radius 2 is 2.00 bits per heavy atom. The summed E-state index contributed by atoms with van der Waals surface area (Å²) in [6.45, 7) is 0.514. The molecule has 1 saturated heterocycles. The fraction of sp³-hybridized carbons (Fsp3) is 0.389. The highest BCUT2D eigenvalue weighted by atomic mass is 19.1. The number of rotatable bonds is 4. The summed E-state index contributed by atoms with van der Waals surface area (Å²) in [5, 5.41) is 22.5. The van der Waals surface area contributed by atoms with Crippen LogP contribution in [0.25, 0.3) is 0 Å². The molecule has 1 fully saturated rings. The van der Waals surface area contributed by atoms with Gasteiger partial charge in [-0.2, -0.15) is 0 Å². The zero-order valence-corrected chi connectivity index (χ0v) is 15.0. The van der Waals surface area contributed by atoms with E-state index >= 15 is 0 Å². The van der Waals surface area contributed by atoms with Crippen molar-refractivity contribution >= 4 is 5.91 Å². The highest BCUT2D eigenvalue weighted by Gasteiger charge is 2.33. The van der Waals surface area contributed by atoms with Crippen molar-refractivity contribution < 1.29 is 19.4 Å². The number of likely N-dealkylation sites (N-methyl/N-ethyl adjacent to an activating group) is 1. The van der Waals surface area contributed by atoms with Crippen molar-refractivity contribution in [3.63, 3.8) is 0 Å². The molecule has 0 unspecified atom stereocenters. The van der Waals surface area contributed by atoms with E-state index in [9.17, 15) is 24.2 Å². The minimum Gasteiger partial charge on any atom is -0.501 e. The van der Waals surface area contributed by atoms with Crippen molar-refractivity contribution in [2.75, 3.05) is 13.6 Å². The molecule has 0 saturated carbocycles. The molecule has 0 aliphatic carbocycles. The number of nitrogens with one attached hydrogen (secondary N) is 1. The normalized spacial score (nSPS) is 20.0. The van der Waals surface area contributed by atoms with Crippen molar-refractivity contribution in [3.8, 4) is 5.75 Å². The number of carbonyl (C=O) groups is 1. The molecule has 2 atom stereocenters. The first-order valence-electron chi connectivity index (χ1n) is 8.48. The number of carbonyl (C=O) groups excluding carboxylic acids is 1. The molecule has 1 aromatic heterocycles. The SMILES string of the molecule is CN1C[C@H](O)C[C@H]1c1nc(C(=O)NCc2ccc(F)cc2)c(O)c(=O)n1C. The van der Waals surface area contributed by atoms with Gasteiger partial charge < -0.3 is 15.5 Å². The highest BCUT2D eigenvalue weighted by molar-refractivity contribution is 5.94. The number of hydrogen-bond donors (Lipinski definition) is 3. The first-order valence-corrected chi connectivity index (χ1v) is 8.48. The van der Waals surface area contributed by atoms with Crippen LogP contribution in [0.4, 0.5) is 4.39 Å². The average Bonchev–Trinajstić information content (AvgIpc) is 2.97. The van der Waals surface area contributed by atoms with Crippen LogP contribution in [0.5, 0.6) is 5.75 Å². The lowest BCUT2D eigenvalue weighted by atomic mass is 10.1. The number of aliphatic hydroxyl groups is 1. The van der Waals surface area contributed by atoms with E-state index in [4.69, 9.17) is 0 Å². The maximum Gasteiger partial charge on any atom is 0.296 e. The lowest BCUT2D eigenvalue weighted by Crippen LogP contribution is -2.33. The van der Waals surface area contributed by atoms with Gasteiger partial charge in [-0.3, -0.25) is 19.1 Å². The largest absolute Gasteiger partial charge is 0.501 e. The Morgan fingerprint density at radius 1 is 1.33 bits per heavy atom. The number of aliphatic hydroxyl groups excluding tert-OH is 1. The van der Waals surface area contributed by atoms with Crippen molar-refractivity contribution in [1.82, 2.24) is 19.8 Å². The van der Waals surface area contributed by atoms with Crippen molar-refractivity contribution in [3.05, 3.63) is 57.5 Å². The second-order valence-electron chi connectivity index (χ2n) is 6.69. The van der Waals surface area contributed by atoms with Crippen LogP contribution in [0.3, 0.4) is 0 Å². The maximum absolute atomic E-state index is 12.9. The van der Waals surface area contributed by atoms with Gasteiger partial charge in [-0.1, -0.05) is 12.1 Å². The molecular formula is C18H21FN4O4. The molecule has 1 aliphatic heterocycles. The standard InChI is InChI=1S/C18H21FN4O4/c1-22-9-12(24)7-13(22)16-21-14(15(25)18(27)23(16)2)17(26)20-8-10-3-5-11(19)6-4-10/h3-6,12-13,24-25H,7-9H2,1-2H3,(H,20,26)/t12-,13+/m1/s1. The second kappa shape index (κ2) is 7.45. The number of β-amino-alcohol motifs (C(OH)–C–C–N with tert-alkyl or cyclic N) is 1. The van der Waals surface area contributed by atoms with Gasteiger partial charge in [0.05, 0.1) is 12.1 Å². The van der Waals surface area contributed by atoms with Gasteiger partial charge in [-0.25, -0.2) is 9.37 Å². The Balaban J connectivity index is 1.87. The predicted molar refractivity (Wildman–Crippen MR) is 94.7 cm³/mol. The van der Waals surface area contributed by atoms with Crippen LogP contribution < -0.4 is 10.9 Å². The molecule has 27 heavy (non-hydrogen) atoms. The second-order valence-corrected chi connectivity index (χ2v) is 6.69. The molecule has 0 spiro atoms. The quantitative estimate of drug-likeness (QED) is 0.708. The molecule has 3 rings (SSSR count). The average molecular weight is 376 g/mol. The van der Waals surface area contributed by atoms with E-state index in [2.05, 4.69) is 10.3 Å². The van der Waals surface area contributed by atoms with Gasteiger partial charge in [-0.15, -0.1) is 0 Å². The van der Waals surface area contributed by atoms with Crippen molar-refractivity contribution in [1.29, 1.82) is 0 Å². The summed E-state index contributed by atoms with van der Waals surface area (Å²) in [6.07, 6.45) is -0.181. The van der Waals surface area contributed by atoms with E-state index in [1.165, 1.54) is 35.9 Å². The Labute approximate surface area is 154 Å². The Kier molecular flexibility index (Phi) is 5.24. The zero-order valence-electron chi connectivity index (χ0n) is 15.0. The third kappa shape index (κ3) is 3.83. The van der Waals surface area contributed by atoms with Crippen LogP contribution in [-0.4, -0.2) is 50.3 Å². The monoisotopic (exact) mass is 376 g/mol. The molecule has 8 nitrogen and oxygen atoms in total. The minimum absolute atomic E-state index is 0.0901. The van der Waals surface area contributed by atoms with E-state index in [1.54, 1.807) is 7.05 Å². The topological polar surface area (TPSA) is 108 Å². The highest BCUT2D eigenvalue weighted by Crippen LogP contribution is 2.29. The van der Waals surface area contributed by atoms with Crippen LogP contribution in [0.2, 0.25) is 0 Å². The molecule has 1 amide bonds. The van der Waals surface area contributed by atoms with Crippen LogP contribution in [-0.2, 0) is 13.6 Å². The smallest absolute Gasteiger partial charge is 0.296 e. The number of aromatic hydroxyl groups is 1. The molecular weight excluding hydrogens is 355 g/mol. The van der Waals surface area contributed by atoms with Crippen LogP contribution in [0, 0.1) is 5.82 Å². The summed E-state index contributed by atoms with van der Waals surface area (Å²) in [7, 11) is 3.25. The molecule has 0 radical (unpaired) electrons. The van der Waals surface area contributed by atoms with Gasteiger partial charge >= 0.3 is 0 Å². The number of benzene rings is 1. The van der Waals surface area contributed by atoms with Crippen LogP contribution in [0.15, 0.2) is 29.1 Å². The van der Waals surface area contributed by atoms with Gasteiger partial charge in [0.1, 0.15) is 11.6 Å². The van der Waals surface area contributed by atoms with Gasteiger partial charge in [-0.05, 0) is 31.2 Å². The lowest BCUT2D eigenvalue weighted by Gasteiger charge is -2.21. The maximum atomic E-state index is 12.9. The summed E-state index contributed by atoms with van der Waals surface area (Å²) in [4.78, 5) is 30.9. The first kappa shape index (κ1) is 19.0.